The highest BCUT2D eigenvalue weighted by Gasteiger charge is 2.01. The molecule has 1 atom stereocenters. The fourth-order valence-corrected chi connectivity index (χ4v) is 2.46. The number of allylic oxidation sites excluding steroid dienone is 2. The maximum absolute atomic E-state index is 10.5. The molecule has 0 aromatic carbocycles. The molecule has 21 heavy (non-hydrogen) atoms. The Morgan fingerprint density at radius 3 is 1.86 bits per heavy atom. The average molecular weight is 295 g/mol. The van der Waals surface area contributed by atoms with Crippen LogP contribution in [0.4, 0.5) is 0 Å². The summed E-state index contributed by atoms with van der Waals surface area (Å²) in [5.74, 6) is -1.20. The van der Waals surface area contributed by atoms with Gasteiger partial charge in [-0.15, -0.1) is 0 Å². The molecule has 1 unspecified atom stereocenters. The summed E-state index contributed by atoms with van der Waals surface area (Å²) in [6.45, 7) is 3.99. The molecule has 2 nitrogen and oxygen atoms in total. The lowest BCUT2D eigenvalue weighted by Gasteiger charge is -2.11. The number of carbonyl (C=O) groups excluding carboxylic acids is 1. The average Bonchev–Trinajstić information content (AvgIpc) is 2.47. The second-order valence-corrected chi connectivity index (χ2v) is 6.24. The quantitative estimate of drug-likeness (QED) is 0.314. The van der Waals surface area contributed by atoms with Crippen molar-refractivity contribution in [1.82, 2.24) is 0 Å². The highest BCUT2D eigenvalue weighted by atomic mass is 16.4. The number of aliphatic carboxylic acids is 1. The molecule has 0 heterocycles. The summed E-state index contributed by atoms with van der Waals surface area (Å²) in [4.78, 5) is 10.5. The molecule has 0 saturated carbocycles. The minimum Gasteiger partial charge on any atom is -0.550 e. The van der Waals surface area contributed by atoms with Crippen LogP contribution in [-0.4, -0.2) is 5.97 Å². The first kappa shape index (κ1) is 20.2. The van der Waals surface area contributed by atoms with E-state index in [4.69, 9.17) is 0 Å². The van der Waals surface area contributed by atoms with E-state index in [1.165, 1.54) is 64.2 Å². The Morgan fingerprint density at radius 1 is 0.857 bits per heavy atom. The Hall–Kier alpha value is -0.790. The molecule has 0 radical (unpaired) electrons. The monoisotopic (exact) mass is 295 g/mol. The summed E-state index contributed by atoms with van der Waals surface area (Å²) in [6.07, 6.45) is 20.6. The molecule has 0 rings (SSSR count). The van der Waals surface area contributed by atoms with Crippen molar-refractivity contribution >= 4 is 5.97 Å². The van der Waals surface area contributed by atoms with Crippen LogP contribution in [0.1, 0.15) is 97.3 Å². The molecule has 0 aromatic rings. The molecule has 2 heteroatoms. The second kappa shape index (κ2) is 15.6. The third-order valence-electron chi connectivity index (χ3n) is 4.05. The first-order valence-corrected chi connectivity index (χ1v) is 9.04. The highest BCUT2D eigenvalue weighted by molar-refractivity contribution is 5.66. The fourth-order valence-electron chi connectivity index (χ4n) is 2.46. The summed E-state index contributed by atoms with van der Waals surface area (Å²) in [5, 5.41) is 10.5. The van der Waals surface area contributed by atoms with Gasteiger partial charge < -0.3 is 9.90 Å². The minimum atomic E-state index is -0.910. The van der Waals surface area contributed by atoms with E-state index in [2.05, 4.69) is 19.1 Å². The lowest BCUT2D eigenvalue weighted by molar-refractivity contribution is -0.311. The topological polar surface area (TPSA) is 40.1 Å². The van der Waals surface area contributed by atoms with Gasteiger partial charge in [-0.2, -0.15) is 0 Å². The molecular weight excluding hydrogens is 260 g/mol. The van der Waals surface area contributed by atoms with Gasteiger partial charge in [-0.05, 0) is 38.0 Å². The van der Waals surface area contributed by atoms with Gasteiger partial charge in [0.15, 0.2) is 0 Å². The smallest absolute Gasteiger partial charge is 0.0442 e. The molecule has 0 spiro atoms. The van der Waals surface area contributed by atoms with E-state index in [1.54, 1.807) is 6.92 Å². The number of rotatable bonds is 15. The van der Waals surface area contributed by atoms with Crippen LogP contribution < -0.4 is 5.11 Å². The first-order valence-electron chi connectivity index (χ1n) is 9.04. The third-order valence-corrected chi connectivity index (χ3v) is 4.05. The molecule has 0 aromatic heterocycles. The maximum Gasteiger partial charge on any atom is 0.0442 e. The Labute approximate surface area is 132 Å². The van der Waals surface area contributed by atoms with E-state index in [-0.39, 0.29) is 5.92 Å². The van der Waals surface area contributed by atoms with Crippen LogP contribution in [0.2, 0.25) is 0 Å². The number of hydrogen-bond acceptors (Lipinski definition) is 2. The number of carbonyl (C=O) groups is 1. The number of hydrogen-bond donors (Lipinski definition) is 0. The fraction of sp³-hybridized carbons (Fsp3) is 0.842. The maximum atomic E-state index is 10.5. The summed E-state index contributed by atoms with van der Waals surface area (Å²) in [7, 11) is 0. The van der Waals surface area contributed by atoms with Crippen molar-refractivity contribution in [3.63, 3.8) is 0 Å². The second-order valence-electron chi connectivity index (χ2n) is 6.24. The molecule has 0 saturated heterocycles. The van der Waals surface area contributed by atoms with Gasteiger partial charge in [-0.25, -0.2) is 0 Å². The van der Waals surface area contributed by atoms with Crippen molar-refractivity contribution in [2.24, 2.45) is 5.92 Å². The van der Waals surface area contributed by atoms with E-state index in [0.29, 0.717) is 0 Å². The molecule has 0 N–H and O–H groups in total. The third kappa shape index (κ3) is 15.4. The van der Waals surface area contributed by atoms with E-state index in [0.717, 1.165) is 19.3 Å². The molecule has 0 aliphatic heterocycles. The lowest BCUT2D eigenvalue weighted by atomic mass is 10.0. The first-order chi connectivity index (χ1) is 10.2. The van der Waals surface area contributed by atoms with Gasteiger partial charge in [0.25, 0.3) is 0 Å². The zero-order valence-electron chi connectivity index (χ0n) is 14.2. The SMILES string of the molecule is CCCCCCCC/C=C/CCCCCCC(C)C(=O)[O-]. The number of carboxylic acid groups (broad SMARTS) is 1. The van der Waals surface area contributed by atoms with Crippen LogP contribution in [0.3, 0.4) is 0 Å². The van der Waals surface area contributed by atoms with Crippen LogP contribution in [0.5, 0.6) is 0 Å². The van der Waals surface area contributed by atoms with Crippen LogP contribution in [-0.2, 0) is 4.79 Å². The molecule has 0 aliphatic rings. The Kier molecular flexibility index (Phi) is 15.0. The standard InChI is InChI=1S/C19H36O2/c1-3-4-5-6-7-8-9-10-11-12-13-14-15-16-17-18(2)19(20)21/h10-11,18H,3-9,12-17H2,1-2H3,(H,20,21)/p-1/b11-10+. The van der Waals surface area contributed by atoms with E-state index in [1.807, 2.05) is 0 Å². The minimum absolute atomic E-state index is 0.290. The van der Waals surface area contributed by atoms with Gasteiger partial charge in [-0.1, -0.05) is 77.4 Å². The van der Waals surface area contributed by atoms with Crippen molar-refractivity contribution in [2.75, 3.05) is 0 Å². The Morgan fingerprint density at radius 2 is 1.33 bits per heavy atom. The van der Waals surface area contributed by atoms with Gasteiger partial charge in [0.2, 0.25) is 0 Å². The Balaban J connectivity index is 3.17. The zero-order chi connectivity index (χ0) is 15.8. The normalized spacial score (nSPS) is 12.9. The predicted molar refractivity (Wildman–Crippen MR) is 89.0 cm³/mol. The van der Waals surface area contributed by atoms with Gasteiger partial charge in [-0.3, -0.25) is 0 Å². The van der Waals surface area contributed by atoms with Crippen LogP contribution in [0.15, 0.2) is 12.2 Å². The van der Waals surface area contributed by atoms with Crippen LogP contribution in [0.25, 0.3) is 0 Å². The molecule has 0 amide bonds. The Bertz CT molecular complexity index is 258. The van der Waals surface area contributed by atoms with Crippen molar-refractivity contribution < 1.29 is 9.90 Å². The van der Waals surface area contributed by atoms with Gasteiger partial charge in [0.05, 0.1) is 0 Å². The van der Waals surface area contributed by atoms with E-state index in [9.17, 15) is 9.90 Å². The van der Waals surface area contributed by atoms with Gasteiger partial charge in [0.1, 0.15) is 0 Å². The zero-order valence-corrected chi connectivity index (χ0v) is 14.2. The summed E-state index contributed by atoms with van der Waals surface area (Å²) in [6, 6.07) is 0. The largest absolute Gasteiger partial charge is 0.550 e. The highest BCUT2D eigenvalue weighted by Crippen LogP contribution is 2.11. The van der Waals surface area contributed by atoms with Crippen molar-refractivity contribution in [1.29, 1.82) is 0 Å². The van der Waals surface area contributed by atoms with Gasteiger partial charge >= 0.3 is 0 Å². The summed E-state index contributed by atoms with van der Waals surface area (Å²) >= 11 is 0. The number of unbranched alkanes of at least 4 members (excludes halogenated alkanes) is 10. The predicted octanol–water partition coefficient (Wildman–Crippen LogP) is 5.02. The molecular formula is C19H35O2-. The molecule has 0 fully saturated rings. The lowest BCUT2D eigenvalue weighted by Crippen LogP contribution is -2.29. The number of carboxylic acids is 1. The molecule has 124 valence electrons. The summed E-state index contributed by atoms with van der Waals surface area (Å²) < 4.78 is 0. The van der Waals surface area contributed by atoms with Crippen LogP contribution >= 0.6 is 0 Å². The van der Waals surface area contributed by atoms with E-state index >= 15 is 0 Å². The van der Waals surface area contributed by atoms with Crippen molar-refractivity contribution in [2.45, 2.75) is 97.3 Å². The van der Waals surface area contributed by atoms with Crippen molar-refractivity contribution in [3.05, 3.63) is 12.2 Å². The van der Waals surface area contributed by atoms with Gasteiger partial charge in [0, 0.05) is 5.97 Å². The van der Waals surface area contributed by atoms with E-state index < -0.39 is 5.97 Å². The summed E-state index contributed by atoms with van der Waals surface area (Å²) in [5.41, 5.74) is 0. The van der Waals surface area contributed by atoms with Crippen molar-refractivity contribution in [3.8, 4) is 0 Å². The van der Waals surface area contributed by atoms with Crippen LogP contribution in [0, 0.1) is 5.92 Å². The molecule has 0 bridgehead atoms. The molecule has 0 aliphatic carbocycles.